The molecule has 6 nitrogen and oxygen atoms in total. The van der Waals surface area contributed by atoms with Crippen LogP contribution < -0.4 is 4.90 Å². The summed E-state index contributed by atoms with van der Waals surface area (Å²) in [5.74, 6) is 0. The number of rotatable bonds is 5. The van der Waals surface area contributed by atoms with Crippen molar-refractivity contribution in [3.05, 3.63) is 114 Å². The number of hydrogen-bond donors (Lipinski definition) is 0. The predicted molar refractivity (Wildman–Crippen MR) is 149 cm³/mol. The van der Waals surface area contributed by atoms with Crippen LogP contribution in [0.25, 0.3) is 27.2 Å². The van der Waals surface area contributed by atoms with Gasteiger partial charge in [0.1, 0.15) is 6.61 Å². The normalized spacial score (nSPS) is 16.0. The molecule has 0 atom stereocenters. The number of anilines is 1. The fraction of sp³-hybridized carbons (Fsp3) is 0.219. The third kappa shape index (κ3) is 4.77. The van der Waals surface area contributed by atoms with E-state index in [1.165, 1.54) is 5.56 Å². The fourth-order valence-corrected chi connectivity index (χ4v) is 5.47. The molecule has 0 unspecified atom stereocenters. The van der Waals surface area contributed by atoms with Crippen LogP contribution in [0.2, 0.25) is 0 Å². The SMILES string of the molecule is [C-]#[N+]c1cnc(-c2ccc(CN3CCC(N4C(=O)OCc5ccccc54)CC3)cc2)c(-c2ccccc2)c1. The van der Waals surface area contributed by atoms with Crippen LogP contribution in [0.1, 0.15) is 24.0 Å². The Morgan fingerprint density at radius 3 is 2.42 bits per heavy atom. The molecule has 1 saturated heterocycles. The van der Waals surface area contributed by atoms with E-state index in [2.05, 4.69) is 51.1 Å². The van der Waals surface area contributed by atoms with Gasteiger partial charge in [0.05, 0.1) is 18.0 Å². The highest BCUT2D eigenvalue weighted by Crippen LogP contribution is 2.34. The van der Waals surface area contributed by atoms with E-state index in [1.807, 2.05) is 53.4 Å². The van der Waals surface area contributed by atoms with Crippen molar-refractivity contribution < 1.29 is 9.53 Å². The van der Waals surface area contributed by atoms with Crippen molar-refractivity contribution in [1.82, 2.24) is 9.88 Å². The Morgan fingerprint density at radius 2 is 1.66 bits per heavy atom. The van der Waals surface area contributed by atoms with Crippen LogP contribution in [0.4, 0.5) is 16.2 Å². The summed E-state index contributed by atoms with van der Waals surface area (Å²) >= 11 is 0. The number of amides is 1. The highest BCUT2D eigenvalue weighted by molar-refractivity contribution is 5.91. The monoisotopic (exact) mass is 500 g/mol. The van der Waals surface area contributed by atoms with Crippen molar-refractivity contribution in [2.24, 2.45) is 0 Å². The Labute approximate surface area is 222 Å². The van der Waals surface area contributed by atoms with E-state index in [-0.39, 0.29) is 12.1 Å². The largest absolute Gasteiger partial charge is 0.444 e. The van der Waals surface area contributed by atoms with E-state index in [0.29, 0.717) is 12.3 Å². The number of aromatic nitrogens is 1. The van der Waals surface area contributed by atoms with Gasteiger partial charge in [-0.15, -0.1) is 0 Å². The minimum Gasteiger partial charge on any atom is -0.444 e. The molecule has 3 heterocycles. The lowest BCUT2D eigenvalue weighted by Gasteiger charge is -2.40. The number of piperidine rings is 1. The van der Waals surface area contributed by atoms with Crippen molar-refractivity contribution in [3.63, 3.8) is 0 Å². The van der Waals surface area contributed by atoms with Gasteiger partial charge in [-0.25, -0.2) is 9.64 Å². The number of nitrogens with zero attached hydrogens (tertiary/aromatic N) is 4. The number of pyridine rings is 1. The summed E-state index contributed by atoms with van der Waals surface area (Å²) < 4.78 is 5.44. The topological polar surface area (TPSA) is 50.0 Å². The van der Waals surface area contributed by atoms with E-state index in [0.717, 1.165) is 66.1 Å². The summed E-state index contributed by atoms with van der Waals surface area (Å²) in [5, 5.41) is 0. The molecule has 0 N–H and O–H groups in total. The first-order chi connectivity index (χ1) is 18.7. The second-order valence-electron chi connectivity index (χ2n) is 9.83. The highest BCUT2D eigenvalue weighted by Gasteiger charge is 2.34. The molecule has 0 radical (unpaired) electrons. The van der Waals surface area contributed by atoms with Gasteiger partial charge >= 0.3 is 6.09 Å². The number of cyclic esters (lactones) is 1. The minimum absolute atomic E-state index is 0.156. The number of likely N-dealkylation sites (tertiary alicyclic amines) is 1. The van der Waals surface area contributed by atoms with Gasteiger partial charge in [0.2, 0.25) is 5.69 Å². The first kappa shape index (κ1) is 23.9. The molecule has 3 aromatic carbocycles. The lowest BCUT2D eigenvalue weighted by molar-refractivity contribution is 0.131. The molecule has 2 aliphatic rings. The smallest absolute Gasteiger partial charge is 0.414 e. The van der Waals surface area contributed by atoms with Crippen molar-refractivity contribution in [2.75, 3.05) is 18.0 Å². The van der Waals surface area contributed by atoms with E-state index in [1.54, 1.807) is 6.20 Å². The first-order valence-corrected chi connectivity index (χ1v) is 13.0. The number of ether oxygens (including phenoxy) is 1. The highest BCUT2D eigenvalue weighted by atomic mass is 16.6. The molecule has 0 bridgehead atoms. The van der Waals surface area contributed by atoms with Gasteiger partial charge in [-0.2, -0.15) is 0 Å². The molecule has 6 heteroatoms. The third-order valence-corrected chi connectivity index (χ3v) is 7.44. The first-order valence-electron chi connectivity index (χ1n) is 13.0. The summed E-state index contributed by atoms with van der Waals surface area (Å²) in [6, 6.07) is 28.8. The summed E-state index contributed by atoms with van der Waals surface area (Å²) in [6.45, 7) is 10.5. The summed E-state index contributed by atoms with van der Waals surface area (Å²) in [5.41, 5.74) is 7.77. The van der Waals surface area contributed by atoms with Gasteiger partial charge in [-0.3, -0.25) is 14.8 Å². The number of carbonyl (C=O) groups is 1. The maximum Gasteiger partial charge on any atom is 0.414 e. The Bertz CT molecular complexity index is 1490. The second-order valence-corrected chi connectivity index (χ2v) is 9.83. The summed E-state index contributed by atoms with van der Waals surface area (Å²) in [4.78, 5) is 25.1. The zero-order valence-electron chi connectivity index (χ0n) is 21.1. The number of fused-ring (bicyclic) bond motifs is 1. The molecular formula is C32H28N4O2. The lowest BCUT2D eigenvalue weighted by atomic mass is 9.98. The zero-order chi connectivity index (χ0) is 25.9. The third-order valence-electron chi connectivity index (χ3n) is 7.44. The average molecular weight is 501 g/mol. The van der Waals surface area contributed by atoms with Crippen molar-refractivity contribution in [1.29, 1.82) is 0 Å². The van der Waals surface area contributed by atoms with Gasteiger partial charge in [0.15, 0.2) is 0 Å². The van der Waals surface area contributed by atoms with Gasteiger partial charge in [0.25, 0.3) is 0 Å². The Kier molecular flexibility index (Phi) is 6.60. The van der Waals surface area contributed by atoms with E-state index in [9.17, 15) is 4.79 Å². The molecule has 1 fully saturated rings. The van der Waals surface area contributed by atoms with E-state index < -0.39 is 0 Å². The molecule has 4 aromatic rings. The molecular weight excluding hydrogens is 472 g/mol. The van der Waals surface area contributed by atoms with Gasteiger partial charge in [-0.05, 0) is 41.7 Å². The fourth-order valence-electron chi connectivity index (χ4n) is 5.47. The molecule has 1 aromatic heterocycles. The van der Waals surface area contributed by atoms with E-state index >= 15 is 0 Å². The van der Waals surface area contributed by atoms with Gasteiger partial charge in [-0.1, -0.05) is 72.8 Å². The lowest BCUT2D eigenvalue weighted by Crippen LogP contribution is -2.49. The summed E-state index contributed by atoms with van der Waals surface area (Å²) in [6.07, 6.45) is 3.24. The number of para-hydroxylation sites is 1. The van der Waals surface area contributed by atoms with E-state index in [4.69, 9.17) is 11.3 Å². The predicted octanol–water partition coefficient (Wildman–Crippen LogP) is 7.09. The van der Waals surface area contributed by atoms with Crippen LogP contribution in [0.3, 0.4) is 0 Å². The maximum absolute atomic E-state index is 12.6. The number of carbonyl (C=O) groups excluding carboxylic acids is 1. The number of hydrogen-bond acceptors (Lipinski definition) is 4. The van der Waals surface area contributed by atoms with Crippen LogP contribution in [-0.2, 0) is 17.9 Å². The van der Waals surface area contributed by atoms with Crippen LogP contribution in [0.5, 0.6) is 0 Å². The van der Waals surface area contributed by atoms with Crippen molar-refractivity contribution >= 4 is 17.5 Å². The Balaban J connectivity index is 1.14. The quantitative estimate of drug-likeness (QED) is 0.275. The Hall–Kier alpha value is -4.47. The summed E-state index contributed by atoms with van der Waals surface area (Å²) in [7, 11) is 0. The minimum atomic E-state index is -0.231. The molecule has 0 aliphatic carbocycles. The molecule has 6 rings (SSSR count). The Morgan fingerprint density at radius 1 is 0.921 bits per heavy atom. The second kappa shape index (κ2) is 10.5. The van der Waals surface area contributed by atoms with Gasteiger partial charge in [0, 0.05) is 43.0 Å². The molecule has 38 heavy (non-hydrogen) atoms. The van der Waals surface area contributed by atoms with Gasteiger partial charge < -0.3 is 4.74 Å². The van der Waals surface area contributed by atoms with Crippen LogP contribution in [0.15, 0.2) is 91.1 Å². The average Bonchev–Trinajstić information content (AvgIpc) is 2.98. The van der Waals surface area contributed by atoms with Crippen molar-refractivity contribution in [2.45, 2.75) is 32.0 Å². The number of benzene rings is 3. The molecule has 188 valence electrons. The molecule has 1 amide bonds. The zero-order valence-corrected chi connectivity index (χ0v) is 21.1. The molecule has 2 aliphatic heterocycles. The molecule has 0 saturated carbocycles. The van der Waals surface area contributed by atoms with Crippen molar-refractivity contribution in [3.8, 4) is 22.4 Å². The van der Waals surface area contributed by atoms with Crippen LogP contribution >= 0.6 is 0 Å². The van der Waals surface area contributed by atoms with Crippen LogP contribution in [0, 0.1) is 6.57 Å². The molecule has 0 spiro atoms. The van der Waals surface area contributed by atoms with Crippen LogP contribution in [-0.4, -0.2) is 35.1 Å². The standard InChI is InChI=1S/C32H28N4O2/c1-33-27-19-29(24-7-3-2-4-8-24)31(34-20-27)25-13-11-23(12-14-25)21-35-17-15-28(16-18-35)36-30-10-6-5-9-26(30)22-38-32(36)37/h2-14,19-20,28H,15-18,21-22H2. The maximum atomic E-state index is 12.6.